The topological polar surface area (TPSA) is 88.7 Å². The number of amides is 2. The van der Waals surface area contributed by atoms with Crippen molar-refractivity contribution in [2.45, 2.75) is 0 Å². The summed E-state index contributed by atoms with van der Waals surface area (Å²) in [4.78, 5) is 24.1. The van der Waals surface area contributed by atoms with Gasteiger partial charge in [0.1, 0.15) is 12.4 Å². The maximum absolute atomic E-state index is 12.1. The quantitative estimate of drug-likeness (QED) is 0.410. The van der Waals surface area contributed by atoms with E-state index in [1.807, 2.05) is 24.3 Å². The molecule has 3 N–H and O–H groups in total. The Morgan fingerprint density at radius 3 is 2.61 bits per heavy atom. The van der Waals surface area contributed by atoms with Crippen LogP contribution in [0.4, 0.5) is 11.4 Å². The molecule has 28 heavy (non-hydrogen) atoms. The van der Waals surface area contributed by atoms with E-state index in [0.29, 0.717) is 36.8 Å². The third-order valence-electron chi connectivity index (χ3n) is 3.68. The number of carbonyl (C=O) groups is 2. The fourth-order valence-electron chi connectivity index (χ4n) is 2.31. The van der Waals surface area contributed by atoms with Crippen molar-refractivity contribution in [1.29, 1.82) is 0 Å². The largest absolute Gasteiger partial charge is 0.489 e. The standard InChI is InChI=1S/C21H25N3O4/c1-3-12-28-19-6-4-5-18(14-19)23-15-20(25)24-17-9-7-16(8-10-17)21(26)22-11-13-27-2/h3-10,14,23H,1,11-13,15H2,2H3,(H,22,26)(H,24,25). The lowest BCUT2D eigenvalue weighted by Crippen LogP contribution is -2.27. The van der Waals surface area contributed by atoms with Gasteiger partial charge in [0.15, 0.2) is 0 Å². The molecule has 7 heteroatoms. The minimum Gasteiger partial charge on any atom is -0.489 e. The minimum atomic E-state index is -0.199. The van der Waals surface area contributed by atoms with E-state index in [0.717, 1.165) is 5.69 Å². The van der Waals surface area contributed by atoms with Gasteiger partial charge in [-0.05, 0) is 36.4 Å². The van der Waals surface area contributed by atoms with Gasteiger partial charge in [-0.3, -0.25) is 9.59 Å². The predicted octanol–water partition coefficient (Wildman–Crippen LogP) is 2.68. The van der Waals surface area contributed by atoms with Crippen molar-refractivity contribution in [3.8, 4) is 5.75 Å². The van der Waals surface area contributed by atoms with Gasteiger partial charge in [-0.2, -0.15) is 0 Å². The molecule has 0 bridgehead atoms. The Morgan fingerprint density at radius 2 is 1.89 bits per heavy atom. The van der Waals surface area contributed by atoms with Gasteiger partial charge in [-0.1, -0.05) is 18.7 Å². The maximum Gasteiger partial charge on any atom is 0.251 e. The lowest BCUT2D eigenvalue weighted by Gasteiger charge is -2.10. The first-order valence-electron chi connectivity index (χ1n) is 8.87. The molecule has 2 aromatic rings. The third-order valence-corrected chi connectivity index (χ3v) is 3.68. The smallest absolute Gasteiger partial charge is 0.251 e. The average Bonchev–Trinajstić information content (AvgIpc) is 2.71. The molecular formula is C21H25N3O4. The summed E-state index contributed by atoms with van der Waals surface area (Å²) in [6, 6.07) is 14.0. The Hall–Kier alpha value is -3.32. The Bertz CT molecular complexity index is 790. The maximum atomic E-state index is 12.1. The highest BCUT2D eigenvalue weighted by atomic mass is 16.5. The molecule has 0 atom stereocenters. The summed E-state index contributed by atoms with van der Waals surface area (Å²) in [5.74, 6) is 0.314. The fraction of sp³-hybridized carbons (Fsp3) is 0.238. The van der Waals surface area contributed by atoms with E-state index in [1.54, 1.807) is 37.5 Å². The normalized spacial score (nSPS) is 10.0. The summed E-state index contributed by atoms with van der Waals surface area (Å²) in [5.41, 5.74) is 1.91. The van der Waals surface area contributed by atoms with Crippen molar-refractivity contribution >= 4 is 23.2 Å². The highest BCUT2D eigenvalue weighted by Gasteiger charge is 2.07. The molecule has 0 aliphatic carbocycles. The highest BCUT2D eigenvalue weighted by Crippen LogP contribution is 2.17. The zero-order valence-electron chi connectivity index (χ0n) is 15.9. The van der Waals surface area contributed by atoms with E-state index in [2.05, 4.69) is 22.5 Å². The van der Waals surface area contributed by atoms with Crippen molar-refractivity contribution in [1.82, 2.24) is 5.32 Å². The monoisotopic (exact) mass is 383 g/mol. The first-order chi connectivity index (χ1) is 13.6. The SMILES string of the molecule is C=CCOc1cccc(NCC(=O)Nc2ccc(C(=O)NCCOC)cc2)c1. The van der Waals surface area contributed by atoms with Crippen LogP contribution in [-0.4, -0.2) is 45.2 Å². The van der Waals surface area contributed by atoms with Gasteiger partial charge < -0.3 is 25.4 Å². The van der Waals surface area contributed by atoms with Gasteiger partial charge >= 0.3 is 0 Å². The van der Waals surface area contributed by atoms with Crippen LogP contribution in [0, 0.1) is 0 Å². The summed E-state index contributed by atoms with van der Waals surface area (Å²) in [5, 5.41) is 8.57. The van der Waals surface area contributed by atoms with Gasteiger partial charge in [-0.25, -0.2) is 0 Å². The molecule has 2 rings (SSSR count). The summed E-state index contributed by atoms with van der Waals surface area (Å²) in [7, 11) is 1.58. The number of nitrogens with one attached hydrogen (secondary N) is 3. The zero-order valence-corrected chi connectivity index (χ0v) is 15.9. The van der Waals surface area contributed by atoms with Crippen LogP contribution in [0.1, 0.15) is 10.4 Å². The molecule has 0 radical (unpaired) electrons. The molecule has 0 heterocycles. The number of anilines is 2. The second kappa shape index (κ2) is 11.4. The molecule has 0 aromatic heterocycles. The summed E-state index contributed by atoms with van der Waals surface area (Å²) < 4.78 is 10.4. The Kier molecular flexibility index (Phi) is 8.55. The van der Waals surface area contributed by atoms with Crippen molar-refractivity contribution in [2.75, 3.05) is 44.0 Å². The van der Waals surface area contributed by atoms with Gasteiger partial charge in [0.25, 0.3) is 5.91 Å². The molecule has 0 fully saturated rings. The second-order valence-corrected chi connectivity index (χ2v) is 5.86. The second-order valence-electron chi connectivity index (χ2n) is 5.86. The highest BCUT2D eigenvalue weighted by molar-refractivity contribution is 5.96. The van der Waals surface area contributed by atoms with Crippen LogP contribution in [0.3, 0.4) is 0 Å². The van der Waals surface area contributed by atoms with Crippen molar-refractivity contribution in [3.05, 3.63) is 66.7 Å². The molecule has 2 aromatic carbocycles. The lowest BCUT2D eigenvalue weighted by atomic mass is 10.2. The van der Waals surface area contributed by atoms with Crippen molar-refractivity contribution in [3.63, 3.8) is 0 Å². The van der Waals surface area contributed by atoms with Crippen LogP contribution in [0.2, 0.25) is 0 Å². The molecule has 0 saturated heterocycles. The van der Waals surface area contributed by atoms with Gasteiger partial charge in [0, 0.05) is 36.7 Å². The van der Waals surface area contributed by atoms with E-state index >= 15 is 0 Å². The Labute approximate surface area is 164 Å². The number of benzene rings is 2. The van der Waals surface area contributed by atoms with E-state index in [4.69, 9.17) is 9.47 Å². The summed E-state index contributed by atoms with van der Waals surface area (Å²) >= 11 is 0. The van der Waals surface area contributed by atoms with Crippen molar-refractivity contribution < 1.29 is 19.1 Å². The minimum absolute atomic E-state index is 0.101. The van der Waals surface area contributed by atoms with Crippen LogP contribution in [0.5, 0.6) is 5.75 Å². The third kappa shape index (κ3) is 7.13. The van der Waals surface area contributed by atoms with E-state index < -0.39 is 0 Å². The van der Waals surface area contributed by atoms with Crippen LogP contribution >= 0.6 is 0 Å². The molecule has 0 saturated carbocycles. The molecule has 0 aliphatic rings. The number of hydrogen-bond donors (Lipinski definition) is 3. The first kappa shape index (κ1) is 21.0. The average molecular weight is 383 g/mol. The fourth-order valence-corrected chi connectivity index (χ4v) is 2.31. The summed E-state index contributed by atoms with van der Waals surface area (Å²) in [6.45, 7) is 5.03. The van der Waals surface area contributed by atoms with Crippen LogP contribution < -0.4 is 20.7 Å². The zero-order chi connectivity index (χ0) is 20.2. The predicted molar refractivity (Wildman–Crippen MR) is 110 cm³/mol. The van der Waals surface area contributed by atoms with Crippen LogP contribution in [0.25, 0.3) is 0 Å². The van der Waals surface area contributed by atoms with Gasteiger partial charge in [0.05, 0.1) is 13.2 Å². The molecular weight excluding hydrogens is 358 g/mol. The number of methoxy groups -OCH3 is 1. The number of carbonyl (C=O) groups excluding carboxylic acids is 2. The lowest BCUT2D eigenvalue weighted by molar-refractivity contribution is -0.114. The number of rotatable bonds is 11. The summed E-state index contributed by atoms with van der Waals surface area (Å²) in [6.07, 6.45) is 1.67. The number of hydrogen-bond acceptors (Lipinski definition) is 5. The first-order valence-corrected chi connectivity index (χ1v) is 8.87. The molecule has 0 aliphatic heterocycles. The molecule has 2 amide bonds. The van der Waals surface area contributed by atoms with Crippen LogP contribution in [-0.2, 0) is 9.53 Å². The molecule has 148 valence electrons. The Balaban J connectivity index is 1.81. The molecule has 7 nitrogen and oxygen atoms in total. The van der Waals surface area contributed by atoms with Crippen molar-refractivity contribution in [2.24, 2.45) is 0 Å². The van der Waals surface area contributed by atoms with E-state index in [-0.39, 0.29) is 18.4 Å². The number of ether oxygens (including phenoxy) is 2. The van der Waals surface area contributed by atoms with Gasteiger partial charge in [-0.15, -0.1) is 0 Å². The van der Waals surface area contributed by atoms with Crippen LogP contribution in [0.15, 0.2) is 61.2 Å². The van der Waals surface area contributed by atoms with Gasteiger partial charge in [0.2, 0.25) is 5.91 Å². The molecule has 0 spiro atoms. The Morgan fingerprint density at radius 1 is 1.11 bits per heavy atom. The van der Waals surface area contributed by atoms with E-state index in [9.17, 15) is 9.59 Å². The van der Waals surface area contributed by atoms with E-state index in [1.165, 1.54) is 0 Å². The molecule has 0 unspecified atom stereocenters.